The van der Waals surface area contributed by atoms with Crippen LogP contribution in [0.1, 0.15) is 11.4 Å². The van der Waals surface area contributed by atoms with Crippen molar-refractivity contribution in [2.24, 2.45) is 0 Å². The van der Waals surface area contributed by atoms with Crippen molar-refractivity contribution in [3.05, 3.63) is 17.5 Å². The van der Waals surface area contributed by atoms with E-state index in [0.717, 1.165) is 11.4 Å². The molecule has 1 heterocycles. The molecule has 0 amide bonds. The number of hydrogen-bond donors (Lipinski definition) is 2. The zero-order valence-corrected chi connectivity index (χ0v) is 7.33. The summed E-state index contributed by atoms with van der Waals surface area (Å²) in [4.78, 5) is 0. The van der Waals surface area contributed by atoms with E-state index in [9.17, 15) is 0 Å². The molecule has 0 aromatic carbocycles. The number of aromatic nitrogens is 2. The molecule has 0 aliphatic heterocycles. The fourth-order valence-corrected chi connectivity index (χ4v) is 0.554. The van der Waals surface area contributed by atoms with Gasteiger partial charge in [-0.25, -0.2) is 0 Å². The maximum atomic E-state index is 8.60. The van der Waals surface area contributed by atoms with E-state index in [4.69, 9.17) is 18.6 Å². The molecule has 0 unspecified atom stereocenters. The highest BCUT2D eigenvalue weighted by atomic mass is 35.7. The van der Waals surface area contributed by atoms with Crippen LogP contribution in [0.4, 0.5) is 0 Å². The van der Waals surface area contributed by atoms with E-state index in [1.807, 2.05) is 19.9 Å². The fraction of sp³-hybridized carbons (Fsp3) is 0.400. The Hall–Kier alpha value is -0.660. The molecule has 0 atom stereocenters. The molecule has 1 aromatic heterocycles. The van der Waals surface area contributed by atoms with Gasteiger partial charge in [-0.2, -0.15) is 19.1 Å². The average molecular weight is 197 g/mol. The zero-order chi connectivity index (χ0) is 9.78. The summed E-state index contributed by atoms with van der Waals surface area (Å²) >= 11 is 0. The number of hydrogen-bond acceptors (Lipinski definition) is 5. The minimum atomic E-state index is -4.69. The summed E-state index contributed by atoms with van der Waals surface area (Å²) < 4.78 is 32.7. The topological polar surface area (TPSA) is 118 Å². The first-order valence-corrected chi connectivity index (χ1v) is 4.17. The second-order valence-corrected chi connectivity index (χ2v) is 2.88. The van der Waals surface area contributed by atoms with Crippen LogP contribution in [-0.2, 0) is 0 Å². The molecule has 7 heteroatoms. The predicted molar refractivity (Wildman–Crippen MR) is 30.3 cm³/mol. The third-order valence-electron chi connectivity index (χ3n) is 0.834. The first kappa shape index (κ1) is 11.3. The van der Waals surface area contributed by atoms with E-state index in [2.05, 4.69) is 10.2 Å². The second kappa shape index (κ2) is 4.39. The zero-order valence-electron chi connectivity index (χ0n) is 6.57. The van der Waals surface area contributed by atoms with Crippen LogP contribution in [0.15, 0.2) is 6.07 Å². The Kier molecular flexibility index (Phi) is 4.15. The molecule has 0 radical (unpaired) electrons. The number of nitrogens with zero attached hydrogens (tertiary/aromatic N) is 1. The average Bonchev–Trinajstić information content (AvgIpc) is 2.09. The Labute approximate surface area is 71.2 Å². The van der Waals surface area contributed by atoms with Gasteiger partial charge in [-0.15, -0.1) is 0 Å². The Morgan fingerprint density at radius 3 is 1.92 bits per heavy atom. The van der Waals surface area contributed by atoms with Gasteiger partial charge in [0.25, 0.3) is 0 Å². The first-order chi connectivity index (χ1) is 5.29. The first-order valence-electron chi connectivity index (χ1n) is 2.91. The summed E-state index contributed by atoms with van der Waals surface area (Å²) in [5.41, 5.74) is 2.18. The summed E-state index contributed by atoms with van der Waals surface area (Å²) in [5, 5.41) is 6.71. The lowest BCUT2D eigenvalue weighted by atomic mass is 10.4. The van der Waals surface area contributed by atoms with Crippen molar-refractivity contribution in [3.63, 3.8) is 0 Å². The van der Waals surface area contributed by atoms with Crippen LogP contribution in [0.2, 0.25) is 0 Å². The molecule has 0 bridgehead atoms. The fourth-order valence-electron chi connectivity index (χ4n) is 0.554. The molecule has 0 saturated heterocycles. The molecule has 12 heavy (non-hydrogen) atoms. The van der Waals surface area contributed by atoms with E-state index >= 15 is 0 Å². The number of rotatable bonds is 0. The molecular formula is C5H9ClN2O4. The molecule has 1 aromatic rings. The van der Waals surface area contributed by atoms with Crippen LogP contribution in [0.3, 0.4) is 0 Å². The molecule has 70 valence electrons. The van der Waals surface area contributed by atoms with Gasteiger partial charge in [0.1, 0.15) is 0 Å². The summed E-state index contributed by atoms with van der Waals surface area (Å²) in [6.07, 6.45) is 0. The van der Waals surface area contributed by atoms with Crippen LogP contribution in [0, 0.1) is 24.1 Å². The number of halogens is 1. The highest BCUT2D eigenvalue weighted by Gasteiger charge is 1.98. The SMILES string of the molecule is Cc1cc(C)[nH]n1.[O-][Cl+3]([O-])([O-])O. The maximum Gasteiger partial charge on any atom is 0.0777 e. The molecule has 0 spiro atoms. The standard InChI is InChI=1S/C5H8N2.ClHO4/c1-4-3-5(2)7-6-4;2-1(3,4)5/h3H,1-2H3,(H,6,7);(H,2,3,4,5). The van der Waals surface area contributed by atoms with Crippen LogP contribution in [-0.4, -0.2) is 14.9 Å². The van der Waals surface area contributed by atoms with Crippen molar-refractivity contribution in [3.8, 4) is 0 Å². The smallest absolute Gasteiger partial charge is 0.0777 e. The van der Waals surface area contributed by atoms with Gasteiger partial charge in [0.05, 0.1) is 20.6 Å². The largest absolute Gasteiger partial charge is 0.283 e. The van der Waals surface area contributed by atoms with Crippen LogP contribution in [0.25, 0.3) is 0 Å². The lowest BCUT2D eigenvalue weighted by molar-refractivity contribution is -1.92. The second-order valence-electron chi connectivity index (χ2n) is 2.09. The highest BCUT2D eigenvalue weighted by Crippen LogP contribution is 1.92. The Morgan fingerprint density at radius 2 is 1.83 bits per heavy atom. The van der Waals surface area contributed by atoms with Crippen molar-refractivity contribution in [2.45, 2.75) is 13.8 Å². The van der Waals surface area contributed by atoms with Gasteiger partial charge >= 0.3 is 0 Å². The molecule has 6 nitrogen and oxygen atoms in total. The number of aromatic amines is 1. The van der Waals surface area contributed by atoms with Crippen molar-refractivity contribution in [1.29, 1.82) is 0 Å². The van der Waals surface area contributed by atoms with Crippen LogP contribution >= 0.6 is 0 Å². The van der Waals surface area contributed by atoms with Crippen molar-refractivity contribution >= 4 is 0 Å². The molecule has 0 fully saturated rings. The molecule has 0 aliphatic rings. The van der Waals surface area contributed by atoms with Gasteiger partial charge in [-0.3, -0.25) is 5.10 Å². The molecule has 0 aliphatic carbocycles. The van der Waals surface area contributed by atoms with Gasteiger partial charge in [0.2, 0.25) is 0 Å². The normalized spacial score (nSPS) is 10.5. The van der Waals surface area contributed by atoms with Gasteiger partial charge in [0, 0.05) is 5.69 Å². The van der Waals surface area contributed by atoms with Crippen molar-refractivity contribution in [1.82, 2.24) is 10.2 Å². The van der Waals surface area contributed by atoms with Crippen molar-refractivity contribution < 1.29 is 28.9 Å². The Bertz CT molecular complexity index is 209. The lowest BCUT2D eigenvalue weighted by Gasteiger charge is -2.03. The monoisotopic (exact) mass is 196 g/mol. The number of nitrogens with one attached hydrogen (secondary N) is 1. The van der Waals surface area contributed by atoms with Gasteiger partial charge < -0.3 is 0 Å². The summed E-state index contributed by atoms with van der Waals surface area (Å²) in [5.74, 6) is 0. The minimum Gasteiger partial charge on any atom is -0.283 e. The maximum absolute atomic E-state index is 8.60. The van der Waals surface area contributed by atoms with Crippen LogP contribution < -0.4 is 14.0 Å². The number of H-pyrrole nitrogens is 1. The van der Waals surface area contributed by atoms with Crippen LogP contribution in [0.5, 0.6) is 0 Å². The molecular weight excluding hydrogens is 188 g/mol. The third-order valence-corrected chi connectivity index (χ3v) is 0.834. The van der Waals surface area contributed by atoms with Gasteiger partial charge in [-0.1, -0.05) is 0 Å². The van der Waals surface area contributed by atoms with E-state index in [-0.39, 0.29) is 0 Å². The quantitative estimate of drug-likeness (QED) is 0.456. The molecule has 1 rings (SSSR count). The van der Waals surface area contributed by atoms with E-state index < -0.39 is 10.2 Å². The summed E-state index contributed by atoms with van der Waals surface area (Å²) in [6.45, 7) is 3.95. The van der Waals surface area contributed by atoms with E-state index in [1.165, 1.54) is 0 Å². The molecule has 0 saturated carbocycles. The van der Waals surface area contributed by atoms with Crippen molar-refractivity contribution in [2.75, 3.05) is 0 Å². The van der Waals surface area contributed by atoms with Gasteiger partial charge in [-0.05, 0) is 19.9 Å². The Balaban J connectivity index is 0.000000217. The third kappa shape index (κ3) is 9.34. The minimum absolute atomic E-state index is 1.05. The predicted octanol–water partition coefficient (Wildman–Crippen LogP) is -3.10. The number of aryl methyl sites for hydroxylation is 2. The Morgan fingerprint density at radius 1 is 1.42 bits per heavy atom. The molecule has 2 N–H and O–H groups in total. The lowest BCUT2D eigenvalue weighted by Crippen LogP contribution is -2.58. The highest BCUT2D eigenvalue weighted by molar-refractivity contribution is 5.03. The van der Waals surface area contributed by atoms with Gasteiger partial charge in [0.15, 0.2) is 0 Å². The summed E-state index contributed by atoms with van der Waals surface area (Å²) in [7, 11) is -4.69. The summed E-state index contributed by atoms with van der Waals surface area (Å²) in [6, 6.07) is 2.00. The van der Waals surface area contributed by atoms with E-state index in [1.54, 1.807) is 0 Å². The van der Waals surface area contributed by atoms with E-state index in [0.29, 0.717) is 0 Å².